The first-order valence-corrected chi connectivity index (χ1v) is 7.08. The number of fused-ring (bicyclic) bond motifs is 1. The fourth-order valence-electron chi connectivity index (χ4n) is 2.26. The summed E-state index contributed by atoms with van der Waals surface area (Å²) in [6, 6.07) is 9.68. The van der Waals surface area contributed by atoms with Crippen molar-refractivity contribution in [1.29, 1.82) is 0 Å². The molecule has 4 nitrogen and oxygen atoms in total. The molecular weight excluding hydrogens is 250 g/mol. The average molecular weight is 271 g/mol. The number of para-hydroxylation sites is 1. The quantitative estimate of drug-likeness (QED) is 0.844. The van der Waals surface area contributed by atoms with Crippen LogP contribution in [0.5, 0.6) is 0 Å². The van der Waals surface area contributed by atoms with Gasteiger partial charge in [0.25, 0.3) is 0 Å². The average Bonchev–Trinajstić information content (AvgIpc) is 2.47. The van der Waals surface area contributed by atoms with Gasteiger partial charge in [0.1, 0.15) is 0 Å². The lowest BCUT2D eigenvalue weighted by atomic mass is 10.1. The van der Waals surface area contributed by atoms with Gasteiger partial charge >= 0.3 is 0 Å². The largest absolute Gasteiger partial charge is 0.354 e. The molecule has 0 aliphatic heterocycles. The second kappa shape index (κ2) is 7.01. The van der Waals surface area contributed by atoms with Crippen LogP contribution in [0.1, 0.15) is 25.3 Å². The second-order valence-corrected chi connectivity index (χ2v) is 4.93. The molecule has 1 aromatic heterocycles. The van der Waals surface area contributed by atoms with E-state index in [0.717, 1.165) is 35.7 Å². The number of nitrogens with one attached hydrogen (secondary N) is 1. The number of benzene rings is 1. The van der Waals surface area contributed by atoms with E-state index in [0.29, 0.717) is 6.54 Å². The van der Waals surface area contributed by atoms with Gasteiger partial charge in [-0.15, -0.1) is 0 Å². The molecule has 0 aliphatic rings. The van der Waals surface area contributed by atoms with Gasteiger partial charge in [-0.1, -0.05) is 37.6 Å². The maximum Gasteiger partial charge on any atom is 0.236 e. The van der Waals surface area contributed by atoms with Crippen LogP contribution in [0.2, 0.25) is 0 Å². The highest BCUT2D eigenvalue weighted by Gasteiger charge is 2.11. The monoisotopic (exact) mass is 271 g/mol. The number of pyridine rings is 1. The normalized spacial score (nSPS) is 12.3. The number of nitrogens with zero attached hydrogens (tertiary/aromatic N) is 1. The predicted octanol–water partition coefficient (Wildman–Crippen LogP) is 2.02. The number of amides is 1. The van der Waals surface area contributed by atoms with Crippen LogP contribution in [0.4, 0.5) is 0 Å². The van der Waals surface area contributed by atoms with E-state index in [2.05, 4.69) is 10.3 Å². The van der Waals surface area contributed by atoms with E-state index < -0.39 is 6.04 Å². The van der Waals surface area contributed by atoms with Crippen LogP contribution in [0.15, 0.2) is 36.5 Å². The lowest BCUT2D eigenvalue weighted by Gasteiger charge is -2.11. The van der Waals surface area contributed by atoms with Crippen molar-refractivity contribution in [3.63, 3.8) is 0 Å². The molecule has 0 saturated carbocycles. The zero-order valence-electron chi connectivity index (χ0n) is 11.8. The third-order valence-corrected chi connectivity index (χ3v) is 3.35. The molecule has 1 atom stereocenters. The minimum atomic E-state index is -0.398. The summed E-state index contributed by atoms with van der Waals surface area (Å²) < 4.78 is 0. The first-order valence-electron chi connectivity index (χ1n) is 7.08. The van der Waals surface area contributed by atoms with E-state index in [4.69, 9.17) is 5.73 Å². The van der Waals surface area contributed by atoms with Crippen LogP contribution in [-0.2, 0) is 11.2 Å². The summed E-state index contributed by atoms with van der Waals surface area (Å²) in [6.07, 6.45) is 4.20. The predicted molar refractivity (Wildman–Crippen MR) is 81.3 cm³/mol. The van der Waals surface area contributed by atoms with Crippen molar-refractivity contribution in [2.75, 3.05) is 6.54 Å². The van der Waals surface area contributed by atoms with Gasteiger partial charge < -0.3 is 11.1 Å². The van der Waals surface area contributed by atoms with Crippen LogP contribution in [-0.4, -0.2) is 23.5 Å². The molecule has 1 unspecified atom stereocenters. The van der Waals surface area contributed by atoms with Gasteiger partial charge in [-0.25, -0.2) is 0 Å². The van der Waals surface area contributed by atoms with Crippen molar-refractivity contribution in [3.05, 3.63) is 42.1 Å². The fourth-order valence-corrected chi connectivity index (χ4v) is 2.26. The van der Waals surface area contributed by atoms with Gasteiger partial charge in [-0.05, 0) is 24.5 Å². The maximum absolute atomic E-state index is 11.7. The molecule has 106 valence electrons. The van der Waals surface area contributed by atoms with Gasteiger partial charge in [0, 0.05) is 18.1 Å². The first kappa shape index (κ1) is 14.5. The molecule has 0 bridgehead atoms. The summed E-state index contributed by atoms with van der Waals surface area (Å²) in [5.41, 5.74) is 7.92. The Bertz CT molecular complexity index is 577. The van der Waals surface area contributed by atoms with Gasteiger partial charge in [0.05, 0.1) is 11.6 Å². The van der Waals surface area contributed by atoms with E-state index in [1.165, 1.54) is 0 Å². The van der Waals surface area contributed by atoms with Gasteiger partial charge in [0.2, 0.25) is 5.91 Å². The van der Waals surface area contributed by atoms with Crippen molar-refractivity contribution in [2.45, 2.75) is 32.2 Å². The van der Waals surface area contributed by atoms with Crippen LogP contribution in [0.3, 0.4) is 0 Å². The molecule has 0 spiro atoms. The summed E-state index contributed by atoms with van der Waals surface area (Å²) in [4.78, 5) is 16.1. The zero-order valence-corrected chi connectivity index (χ0v) is 11.8. The number of aromatic nitrogens is 1. The lowest BCUT2D eigenvalue weighted by molar-refractivity contribution is -0.122. The number of hydrogen-bond donors (Lipinski definition) is 2. The molecule has 2 rings (SSSR count). The second-order valence-electron chi connectivity index (χ2n) is 4.93. The standard InChI is InChI=1S/C16H21N3O/c1-2-5-14(17)16(20)19-11-9-13-7-3-6-12-8-4-10-18-15(12)13/h3-4,6-8,10,14H,2,5,9,11,17H2,1H3,(H,19,20). The van der Waals surface area contributed by atoms with Crippen LogP contribution >= 0.6 is 0 Å². The fraction of sp³-hybridized carbons (Fsp3) is 0.375. The zero-order chi connectivity index (χ0) is 14.4. The molecule has 1 aromatic carbocycles. The number of rotatable bonds is 6. The van der Waals surface area contributed by atoms with Crippen molar-refractivity contribution in [3.8, 4) is 0 Å². The van der Waals surface area contributed by atoms with E-state index in [1.807, 2.05) is 37.3 Å². The highest BCUT2D eigenvalue weighted by molar-refractivity contribution is 5.82. The van der Waals surface area contributed by atoms with E-state index in [-0.39, 0.29) is 5.91 Å². The third kappa shape index (κ3) is 3.54. The summed E-state index contributed by atoms with van der Waals surface area (Å²) in [6.45, 7) is 2.61. The molecule has 4 heteroatoms. The summed E-state index contributed by atoms with van der Waals surface area (Å²) in [5.74, 6) is -0.0694. The third-order valence-electron chi connectivity index (χ3n) is 3.35. The molecule has 20 heavy (non-hydrogen) atoms. The molecule has 3 N–H and O–H groups in total. The van der Waals surface area contributed by atoms with Gasteiger partial charge in [-0.2, -0.15) is 0 Å². The maximum atomic E-state index is 11.7. The molecule has 2 aromatic rings. The molecule has 0 saturated heterocycles. The highest BCUT2D eigenvalue weighted by atomic mass is 16.2. The minimum absolute atomic E-state index is 0.0694. The van der Waals surface area contributed by atoms with Crippen LogP contribution in [0, 0.1) is 0 Å². The van der Waals surface area contributed by atoms with E-state index in [1.54, 1.807) is 6.20 Å². The SMILES string of the molecule is CCCC(N)C(=O)NCCc1cccc2cccnc12. The Kier molecular flexibility index (Phi) is 5.07. The van der Waals surface area contributed by atoms with Gasteiger partial charge in [0.15, 0.2) is 0 Å². The summed E-state index contributed by atoms with van der Waals surface area (Å²) >= 11 is 0. The van der Waals surface area contributed by atoms with Gasteiger partial charge in [-0.3, -0.25) is 9.78 Å². The van der Waals surface area contributed by atoms with Crippen LogP contribution < -0.4 is 11.1 Å². The summed E-state index contributed by atoms with van der Waals surface area (Å²) in [7, 11) is 0. The highest BCUT2D eigenvalue weighted by Crippen LogP contribution is 2.15. The lowest BCUT2D eigenvalue weighted by Crippen LogP contribution is -2.41. The number of hydrogen-bond acceptors (Lipinski definition) is 3. The number of carbonyl (C=O) groups excluding carboxylic acids is 1. The Morgan fingerprint density at radius 1 is 1.35 bits per heavy atom. The van der Waals surface area contributed by atoms with Crippen molar-refractivity contribution < 1.29 is 4.79 Å². The molecule has 0 fully saturated rings. The number of nitrogens with two attached hydrogens (primary N) is 1. The Hall–Kier alpha value is -1.94. The van der Waals surface area contributed by atoms with E-state index >= 15 is 0 Å². The molecule has 0 aliphatic carbocycles. The first-order chi connectivity index (χ1) is 9.72. The Labute approximate surface area is 119 Å². The van der Waals surface area contributed by atoms with Crippen LogP contribution in [0.25, 0.3) is 10.9 Å². The van der Waals surface area contributed by atoms with Crippen molar-refractivity contribution >= 4 is 16.8 Å². The Morgan fingerprint density at radius 2 is 2.15 bits per heavy atom. The topological polar surface area (TPSA) is 68.0 Å². The van der Waals surface area contributed by atoms with Crippen molar-refractivity contribution in [2.24, 2.45) is 5.73 Å². The molecule has 0 radical (unpaired) electrons. The Morgan fingerprint density at radius 3 is 2.95 bits per heavy atom. The Balaban J connectivity index is 1.95. The smallest absolute Gasteiger partial charge is 0.236 e. The number of carbonyl (C=O) groups is 1. The summed E-state index contributed by atoms with van der Waals surface area (Å²) in [5, 5.41) is 4.01. The molecular formula is C16H21N3O. The molecule has 1 amide bonds. The minimum Gasteiger partial charge on any atom is -0.354 e. The van der Waals surface area contributed by atoms with E-state index in [9.17, 15) is 4.79 Å². The van der Waals surface area contributed by atoms with Crippen molar-refractivity contribution in [1.82, 2.24) is 10.3 Å². The molecule has 1 heterocycles.